The molecule has 1 N–H and O–H groups in total. The van der Waals surface area contributed by atoms with E-state index in [-0.39, 0.29) is 0 Å². The first-order chi connectivity index (χ1) is 9.15. The van der Waals surface area contributed by atoms with Gasteiger partial charge in [0, 0.05) is 37.6 Å². The van der Waals surface area contributed by atoms with Gasteiger partial charge in [-0.25, -0.2) is 4.98 Å². The van der Waals surface area contributed by atoms with Crippen molar-refractivity contribution in [2.45, 2.75) is 33.7 Å². The topological polar surface area (TPSA) is 42.7 Å². The Bertz CT molecular complexity index is 502. The minimum absolute atomic E-state index is 0.616. The Morgan fingerprint density at radius 3 is 2.84 bits per heavy atom. The first kappa shape index (κ1) is 13.6. The Balaban J connectivity index is 1.92. The summed E-state index contributed by atoms with van der Waals surface area (Å²) in [6.07, 6.45) is 4.84. The van der Waals surface area contributed by atoms with E-state index in [1.165, 1.54) is 0 Å². The number of nitrogens with one attached hydrogen (secondary N) is 1. The predicted octanol–water partition coefficient (Wildman–Crippen LogP) is 2.90. The lowest BCUT2D eigenvalue weighted by atomic mass is 10.2. The summed E-state index contributed by atoms with van der Waals surface area (Å²) in [6, 6.07) is 6.01. The highest BCUT2D eigenvalue weighted by Crippen LogP contribution is 2.11. The van der Waals surface area contributed by atoms with Gasteiger partial charge in [0.05, 0.1) is 5.69 Å². The van der Waals surface area contributed by atoms with Crippen LogP contribution in [0.5, 0.6) is 0 Å². The van der Waals surface area contributed by atoms with Crippen molar-refractivity contribution in [3.63, 3.8) is 0 Å². The second-order valence-corrected chi connectivity index (χ2v) is 5.25. The fourth-order valence-electron chi connectivity index (χ4n) is 2.07. The van der Waals surface area contributed by atoms with Crippen LogP contribution in [0, 0.1) is 12.8 Å². The fourth-order valence-corrected chi connectivity index (χ4v) is 2.07. The van der Waals surface area contributed by atoms with Gasteiger partial charge >= 0.3 is 0 Å². The van der Waals surface area contributed by atoms with Crippen molar-refractivity contribution in [3.8, 4) is 0 Å². The molecule has 19 heavy (non-hydrogen) atoms. The number of aryl methyl sites for hydroxylation is 1. The third kappa shape index (κ3) is 4.09. The lowest BCUT2D eigenvalue weighted by molar-refractivity contribution is 0.526. The Morgan fingerprint density at radius 2 is 2.16 bits per heavy atom. The minimum Gasteiger partial charge on any atom is -0.355 e. The molecule has 0 radical (unpaired) electrons. The van der Waals surface area contributed by atoms with Crippen LogP contribution in [0.15, 0.2) is 30.6 Å². The quantitative estimate of drug-likeness (QED) is 0.866. The van der Waals surface area contributed by atoms with Gasteiger partial charge in [0.25, 0.3) is 0 Å². The van der Waals surface area contributed by atoms with Gasteiger partial charge in [-0.15, -0.1) is 0 Å². The van der Waals surface area contributed by atoms with Crippen molar-refractivity contribution in [1.82, 2.24) is 14.5 Å². The van der Waals surface area contributed by atoms with Crippen molar-refractivity contribution in [3.05, 3.63) is 42.0 Å². The van der Waals surface area contributed by atoms with Gasteiger partial charge in [-0.1, -0.05) is 19.9 Å². The van der Waals surface area contributed by atoms with Crippen molar-refractivity contribution in [1.29, 1.82) is 0 Å². The van der Waals surface area contributed by atoms with Crippen LogP contribution in [0.4, 0.5) is 5.95 Å². The van der Waals surface area contributed by atoms with Crippen molar-refractivity contribution >= 4 is 5.95 Å². The number of imidazole rings is 1. The average molecular weight is 258 g/mol. The van der Waals surface area contributed by atoms with Crippen LogP contribution in [0.1, 0.15) is 25.2 Å². The molecule has 0 spiro atoms. The second-order valence-electron chi connectivity index (χ2n) is 5.25. The molecule has 0 bridgehead atoms. The van der Waals surface area contributed by atoms with Gasteiger partial charge < -0.3 is 9.88 Å². The number of hydrogen-bond donors (Lipinski definition) is 1. The summed E-state index contributed by atoms with van der Waals surface area (Å²) < 4.78 is 2.19. The van der Waals surface area contributed by atoms with Crippen LogP contribution in [-0.4, -0.2) is 21.1 Å². The van der Waals surface area contributed by atoms with Crippen LogP contribution in [0.2, 0.25) is 0 Å². The molecule has 0 unspecified atom stereocenters. The van der Waals surface area contributed by atoms with Crippen LogP contribution in [0.3, 0.4) is 0 Å². The van der Waals surface area contributed by atoms with Gasteiger partial charge in [-0.2, -0.15) is 0 Å². The minimum atomic E-state index is 0.616. The molecule has 0 aliphatic carbocycles. The Morgan fingerprint density at radius 1 is 1.32 bits per heavy atom. The fraction of sp³-hybridized carbons (Fsp3) is 0.467. The first-order valence-electron chi connectivity index (χ1n) is 6.82. The SMILES string of the molecule is Cc1cn(CC(C)C)c(NCCc2ccccn2)n1. The molecule has 4 heteroatoms. The molecule has 0 aliphatic heterocycles. The Hall–Kier alpha value is -1.84. The molecule has 0 aliphatic rings. The van der Waals surface area contributed by atoms with E-state index >= 15 is 0 Å². The van der Waals surface area contributed by atoms with E-state index in [0.717, 1.165) is 36.8 Å². The largest absolute Gasteiger partial charge is 0.355 e. The second kappa shape index (κ2) is 6.36. The zero-order chi connectivity index (χ0) is 13.7. The van der Waals surface area contributed by atoms with Gasteiger partial charge in [-0.05, 0) is 25.0 Å². The molecular weight excluding hydrogens is 236 g/mol. The lowest BCUT2D eigenvalue weighted by Crippen LogP contribution is -2.12. The summed E-state index contributed by atoms with van der Waals surface area (Å²) in [6.45, 7) is 8.30. The molecule has 4 nitrogen and oxygen atoms in total. The molecule has 2 aromatic heterocycles. The summed E-state index contributed by atoms with van der Waals surface area (Å²) in [5.74, 6) is 1.58. The molecule has 0 amide bonds. The average Bonchev–Trinajstić information content (AvgIpc) is 2.70. The number of rotatable bonds is 6. The number of pyridine rings is 1. The van der Waals surface area contributed by atoms with E-state index in [9.17, 15) is 0 Å². The predicted molar refractivity (Wildman–Crippen MR) is 78.2 cm³/mol. The first-order valence-corrected chi connectivity index (χ1v) is 6.82. The van der Waals surface area contributed by atoms with E-state index in [0.29, 0.717) is 5.92 Å². The van der Waals surface area contributed by atoms with Gasteiger partial charge in [0.1, 0.15) is 0 Å². The van der Waals surface area contributed by atoms with Crippen LogP contribution >= 0.6 is 0 Å². The maximum Gasteiger partial charge on any atom is 0.203 e. The van der Waals surface area contributed by atoms with Crippen LogP contribution in [0.25, 0.3) is 0 Å². The van der Waals surface area contributed by atoms with Gasteiger partial charge in [-0.3, -0.25) is 4.98 Å². The highest BCUT2D eigenvalue weighted by molar-refractivity contribution is 5.29. The lowest BCUT2D eigenvalue weighted by Gasteiger charge is -2.11. The van der Waals surface area contributed by atoms with E-state index in [1.54, 1.807) is 0 Å². The molecule has 2 rings (SSSR count). The molecular formula is C15H22N4. The number of anilines is 1. The van der Waals surface area contributed by atoms with Gasteiger partial charge in [0.2, 0.25) is 5.95 Å². The molecule has 2 aromatic rings. The normalized spacial score (nSPS) is 10.9. The molecule has 102 valence electrons. The molecule has 0 saturated carbocycles. The molecule has 0 fully saturated rings. The summed E-state index contributed by atoms with van der Waals surface area (Å²) in [4.78, 5) is 8.85. The summed E-state index contributed by atoms with van der Waals surface area (Å²) >= 11 is 0. The number of nitrogens with zero attached hydrogens (tertiary/aromatic N) is 3. The van der Waals surface area contributed by atoms with Gasteiger partial charge in [0.15, 0.2) is 0 Å². The summed E-state index contributed by atoms with van der Waals surface area (Å²) in [5, 5.41) is 3.40. The maximum absolute atomic E-state index is 4.53. The molecule has 0 atom stereocenters. The van der Waals surface area contributed by atoms with Crippen molar-refractivity contribution in [2.24, 2.45) is 5.92 Å². The highest BCUT2D eigenvalue weighted by atomic mass is 15.2. The van der Waals surface area contributed by atoms with Crippen LogP contribution in [-0.2, 0) is 13.0 Å². The third-order valence-corrected chi connectivity index (χ3v) is 2.85. The van der Waals surface area contributed by atoms with E-state index in [1.807, 2.05) is 31.3 Å². The highest BCUT2D eigenvalue weighted by Gasteiger charge is 2.06. The smallest absolute Gasteiger partial charge is 0.203 e. The third-order valence-electron chi connectivity index (χ3n) is 2.85. The zero-order valence-electron chi connectivity index (χ0n) is 11.9. The Kier molecular flexibility index (Phi) is 4.55. The van der Waals surface area contributed by atoms with E-state index in [2.05, 4.69) is 39.9 Å². The summed E-state index contributed by atoms with van der Waals surface area (Å²) in [7, 11) is 0. The number of hydrogen-bond acceptors (Lipinski definition) is 3. The van der Waals surface area contributed by atoms with E-state index < -0.39 is 0 Å². The van der Waals surface area contributed by atoms with Crippen molar-refractivity contribution < 1.29 is 0 Å². The summed E-state index contributed by atoms with van der Waals surface area (Å²) in [5.41, 5.74) is 2.16. The van der Waals surface area contributed by atoms with E-state index in [4.69, 9.17) is 0 Å². The monoisotopic (exact) mass is 258 g/mol. The zero-order valence-corrected chi connectivity index (χ0v) is 11.9. The van der Waals surface area contributed by atoms with Crippen molar-refractivity contribution in [2.75, 3.05) is 11.9 Å². The molecule has 2 heterocycles. The molecule has 0 aromatic carbocycles. The molecule has 0 saturated heterocycles. The maximum atomic E-state index is 4.53. The van der Waals surface area contributed by atoms with Crippen LogP contribution < -0.4 is 5.32 Å². The Labute approximate surface area is 114 Å². The number of aromatic nitrogens is 3. The standard InChI is InChI=1S/C15H22N4/c1-12(2)10-19-11-13(3)18-15(19)17-9-7-14-6-4-5-8-16-14/h4-6,8,11-12H,7,9-10H2,1-3H3,(H,17,18).